The van der Waals surface area contributed by atoms with Gasteiger partial charge in [-0.3, -0.25) is 9.67 Å². The summed E-state index contributed by atoms with van der Waals surface area (Å²) in [6, 6.07) is 11.5. The summed E-state index contributed by atoms with van der Waals surface area (Å²) in [5, 5.41) is 12.5. The van der Waals surface area contributed by atoms with E-state index in [1.165, 1.54) is 19.2 Å². The maximum Gasteiger partial charge on any atom is 0.183 e. The van der Waals surface area contributed by atoms with Crippen molar-refractivity contribution in [2.75, 3.05) is 25.6 Å². The minimum absolute atomic E-state index is 0.0938. The zero-order chi connectivity index (χ0) is 27.6. The number of para-hydroxylation sites is 1. The van der Waals surface area contributed by atoms with Crippen molar-refractivity contribution in [1.29, 1.82) is 0 Å². The Morgan fingerprint density at radius 2 is 1.90 bits per heavy atom. The van der Waals surface area contributed by atoms with Crippen LogP contribution in [0.1, 0.15) is 16.8 Å². The smallest absolute Gasteiger partial charge is 0.183 e. The zero-order valence-electron chi connectivity index (χ0n) is 21.4. The molecule has 4 heterocycles. The molecule has 0 aliphatic carbocycles. The molecule has 0 saturated carbocycles. The van der Waals surface area contributed by atoms with Crippen molar-refractivity contribution in [2.24, 2.45) is 0 Å². The van der Waals surface area contributed by atoms with Crippen molar-refractivity contribution >= 4 is 34.0 Å². The number of halogens is 3. The molecular formula is C28H24ClF2N7O2. The van der Waals surface area contributed by atoms with Crippen molar-refractivity contribution in [3.63, 3.8) is 0 Å². The van der Waals surface area contributed by atoms with Crippen LogP contribution in [-0.2, 0) is 24.4 Å². The predicted molar refractivity (Wildman–Crippen MR) is 147 cm³/mol. The number of rotatable bonds is 9. The molecule has 0 bridgehead atoms. The lowest BCUT2D eigenvalue weighted by Gasteiger charge is -2.12. The number of hydrogen-bond donors (Lipinski definition) is 2. The highest BCUT2D eigenvalue weighted by molar-refractivity contribution is 6.33. The number of benzene rings is 2. The molecule has 204 valence electrons. The first-order chi connectivity index (χ1) is 19.5. The van der Waals surface area contributed by atoms with Crippen LogP contribution in [0.2, 0.25) is 5.02 Å². The molecule has 1 aliphatic heterocycles. The molecule has 9 nitrogen and oxygen atoms in total. The minimum atomic E-state index is -0.728. The summed E-state index contributed by atoms with van der Waals surface area (Å²) in [4.78, 5) is 13.6. The third kappa shape index (κ3) is 5.06. The lowest BCUT2D eigenvalue weighted by atomic mass is 10.1. The number of nitrogens with one attached hydrogen (secondary N) is 2. The molecule has 2 aromatic carbocycles. The van der Waals surface area contributed by atoms with Crippen LogP contribution in [0.5, 0.6) is 5.75 Å². The normalized spacial score (nSPS) is 12.6. The number of ether oxygens (including phenoxy) is 2. The zero-order valence-corrected chi connectivity index (χ0v) is 22.2. The Kier molecular flexibility index (Phi) is 7.25. The summed E-state index contributed by atoms with van der Waals surface area (Å²) in [7, 11) is 1.52. The van der Waals surface area contributed by atoms with Gasteiger partial charge in [-0.15, -0.1) is 0 Å². The van der Waals surface area contributed by atoms with Gasteiger partial charge in [0.2, 0.25) is 0 Å². The van der Waals surface area contributed by atoms with E-state index in [0.29, 0.717) is 53.3 Å². The fraction of sp³-hybridized carbons (Fsp3) is 0.214. The summed E-state index contributed by atoms with van der Waals surface area (Å²) in [5.41, 5.74) is 3.47. The SMILES string of the molecule is COCCOc1cc(F)c(Cn2nc(-c3nc4c(c(Nc5ccncc5Cl)n3)CNC4)c3ccccc32)c(F)c1. The Balaban J connectivity index is 1.39. The van der Waals surface area contributed by atoms with E-state index in [-0.39, 0.29) is 24.5 Å². The second kappa shape index (κ2) is 11.1. The van der Waals surface area contributed by atoms with Gasteiger partial charge in [-0.05, 0) is 12.1 Å². The molecule has 0 saturated heterocycles. The Labute approximate surface area is 233 Å². The van der Waals surface area contributed by atoms with Crippen LogP contribution in [0, 0.1) is 11.6 Å². The number of aromatic nitrogens is 5. The summed E-state index contributed by atoms with van der Waals surface area (Å²) in [5.74, 6) is -0.384. The minimum Gasteiger partial charge on any atom is -0.491 e. The van der Waals surface area contributed by atoms with Gasteiger partial charge in [0.25, 0.3) is 0 Å². The second-order valence-electron chi connectivity index (χ2n) is 9.14. The molecule has 3 aromatic heterocycles. The van der Waals surface area contributed by atoms with Gasteiger partial charge in [0.15, 0.2) is 5.82 Å². The molecule has 0 atom stereocenters. The summed E-state index contributed by atoms with van der Waals surface area (Å²) >= 11 is 6.33. The van der Waals surface area contributed by atoms with Gasteiger partial charge in [-0.2, -0.15) is 5.10 Å². The van der Waals surface area contributed by atoms with Gasteiger partial charge in [0, 0.05) is 61.2 Å². The van der Waals surface area contributed by atoms with Crippen LogP contribution < -0.4 is 15.4 Å². The highest BCUT2D eigenvalue weighted by Crippen LogP contribution is 2.33. The third-order valence-corrected chi connectivity index (χ3v) is 6.86. The van der Waals surface area contributed by atoms with E-state index in [4.69, 9.17) is 36.1 Å². The summed E-state index contributed by atoms with van der Waals surface area (Å²) in [6.07, 6.45) is 3.19. The molecule has 2 N–H and O–H groups in total. The Bertz CT molecular complexity index is 1690. The lowest BCUT2D eigenvalue weighted by Crippen LogP contribution is -2.09. The van der Waals surface area contributed by atoms with Crippen LogP contribution in [0.3, 0.4) is 0 Å². The molecule has 0 radical (unpaired) electrons. The van der Waals surface area contributed by atoms with E-state index in [1.807, 2.05) is 24.3 Å². The monoisotopic (exact) mass is 563 g/mol. The van der Waals surface area contributed by atoms with Gasteiger partial charge in [-0.25, -0.2) is 18.7 Å². The average molecular weight is 564 g/mol. The standard InChI is InChI=1S/C28H24ClF2N7O2/c1-39-8-9-40-16-10-21(30)19(22(31)11-16)15-38-25-5-3-2-4-17(25)26(37-38)28-35-24-14-33-12-18(24)27(36-28)34-23-6-7-32-13-20(23)29/h2-7,10-11,13,33H,8-9,12,14-15H2,1H3,(H,32,34,35,36). The first kappa shape index (κ1) is 26.1. The predicted octanol–water partition coefficient (Wildman–Crippen LogP) is 5.24. The van der Waals surface area contributed by atoms with Crippen LogP contribution in [0.25, 0.3) is 22.4 Å². The topological polar surface area (TPSA) is 99.0 Å². The van der Waals surface area contributed by atoms with E-state index < -0.39 is 11.6 Å². The van der Waals surface area contributed by atoms with Gasteiger partial charge >= 0.3 is 0 Å². The Morgan fingerprint density at radius 3 is 2.70 bits per heavy atom. The van der Waals surface area contributed by atoms with E-state index in [1.54, 1.807) is 23.1 Å². The van der Waals surface area contributed by atoms with Crippen molar-refractivity contribution in [2.45, 2.75) is 19.6 Å². The van der Waals surface area contributed by atoms with E-state index >= 15 is 8.78 Å². The highest BCUT2D eigenvalue weighted by atomic mass is 35.5. The molecule has 0 amide bonds. The van der Waals surface area contributed by atoms with Gasteiger partial charge < -0.3 is 20.1 Å². The van der Waals surface area contributed by atoms with E-state index in [0.717, 1.165) is 16.6 Å². The molecule has 5 aromatic rings. The quantitative estimate of drug-likeness (QED) is 0.235. The number of nitrogens with zero attached hydrogens (tertiary/aromatic N) is 5. The molecule has 12 heteroatoms. The first-order valence-electron chi connectivity index (χ1n) is 12.5. The van der Waals surface area contributed by atoms with Crippen LogP contribution in [0.4, 0.5) is 20.3 Å². The van der Waals surface area contributed by atoms with Crippen molar-refractivity contribution in [3.8, 4) is 17.3 Å². The lowest BCUT2D eigenvalue weighted by molar-refractivity contribution is 0.146. The van der Waals surface area contributed by atoms with Crippen LogP contribution in [-0.4, -0.2) is 45.1 Å². The fourth-order valence-corrected chi connectivity index (χ4v) is 4.77. The molecule has 40 heavy (non-hydrogen) atoms. The number of pyridine rings is 1. The van der Waals surface area contributed by atoms with Crippen molar-refractivity contribution in [1.82, 2.24) is 30.0 Å². The highest BCUT2D eigenvalue weighted by Gasteiger charge is 2.24. The Morgan fingerprint density at radius 1 is 1.07 bits per heavy atom. The maximum atomic E-state index is 15.0. The number of fused-ring (bicyclic) bond motifs is 2. The average Bonchev–Trinajstić information content (AvgIpc) is 3.57. The second-order valence-corrected chi connectivity index (χ2v) is 9.54. The molecular weight excluding hydrogens is 540 g/mol. The van der Waals surface area contributed by atoms with E-state index in [2.05, 4.69) is 15.6 Å². The molecule has 1 aliphatic rings. The Hall–Kier alpha value is -4.19. The molecule has 0 fully saturated rings. The van der Waals surface area contributed by atoms with Gasteiger partial charge in [-0.1, -0.05) is 29.8 Å². The van der Waals surface area contributed by atoms with Crippen LogP contribution in [0.15, 0.2) is 54.9 Å². The largest absolute Gasteiger partial charge is 0.491 e. The fourth-order valence-electron chi connectivity index (χ4n) is 4.60. The molecule has 0 spiro atoms. The number of methoxy groups -OCH3 is 1. The summed E-state index contributed by atoms with van der Waals surface area (Å²) < 4.78 is 41.9. The number of anilines is 2. The maximum absolute atomic E-state index is 15.0. The van der Waals surface area contributed by atoms with Gasteiger partial charge in [0.05, 0.1) is 35.1 Å². The first-order valence-corrected chi connectivity index (χ1v) is 12.9. The van der Waals surface area contributed by atoms with E-state index in [9.17, 15) is 0 Å². The summed E-state index contributed by atoms with van der Waals surface area (Å²) in [6.45, 7) is 1.51. The van der Waals surface area contributed by atoms with Crippen molar-refractivity contribution in [3.05, 3.63) is 88.3 Å². The number of hydrogen-bond acceptors (Lipinski definition) is 8. The van der Waals surface area contributed by atoms with Crippen molar-refractivity contribution < 1.29 is 18.3 Å². The van der Waals surface area contributed by atoms with Gasteiger partial charge in [0.1, 0.15) is 35.5 Å². The molecule has 6 rings (SSSR count). The molecule has 0 unspecified atom stereocenters. The third-order valence-electron chi connectivity index (χ3n) is 6.56. The van der Waals surface area contributed by atoms with Crippen LogP contribution >= 0.6 is 11.6 Å².